The molecule has 0 bridgehead atoms. The Balaban J connectivity index is 1.53. The highest BCUT2D eigenvalue weighted by Gasteiger charge is 2.47. The van der Waals surface area contributed by atoms with Crippen LogP contribution in [-0.2, 0) is 9.84 Å². The van der Waals surface area contributed by atoms with Gasteiger partial charge in [-0.05, 0) is 61.6 Å². The molecular formula is C18H26N2O3S. The number of carbonyl (C=O) groups excluding carboxylic acids is 1. The summed E-state index contributed by atoms with van der Waals surface area (Å²) in [6.07, 6.45) is 5.19. The van der Waals surface area contributed by atoms with Crippen molar-refractivity contribution in [2.45, 2.75) is 37.1 Å². The van der Waals surface area contributed by atoms with Gasteiger partial charge in [-0.2, -0.15) is 0 Å². The first-order valence-electron chi connectivity index (χ1n) is 8.58. The van der Waals surface area contributed by atoms with Crippen LogP contribution >= 0.6 is 0 Å². The normalized spacial score (nSPS) is 24.3. The number of benzene rings is 1. The number of nitrogens with zero attached hydrogens (tertiary/aromatic N) is 1. The summed E-state index contributed by atoms with van der Waals surface area (Å²) >= 11 is 0. The van der Waals surface area contributed by atoms with Crippen molar-refractivity contribution in [3.63, 3.8) is 0 Å². The van der Waals surface area contributed by atoms with E-state index in [0.29, 0.717) is 10.8 Å². The van der Waals surface area contributed by atoms with Gasteiger partial charge in [0.2, 0.25) is 0 Å². The molecule has 3 atom stereocenters. The average molecular weight is 350 g/mol. The summed E-state index contributed by atoms with van der Waals surface area (Å²) in [5.41, 5.74) is 0.919. The lowest BCUT2D eigenvalue weighted by molar-refractivity contribution is 0.193. The van der Waals surface area contributed by atoms with E-state index in [-0.39, 0.29) is 12.1 Å². The van der Waals surface area contributed by atoms with Crippen molar-refractivity contribution >= 4 is 15.9 Å². The zero-order chi connectivity index (χ0) is 17.5. The van der Waals surface area contributed by atoms with Crippen LogP contribution in [0.15, 0.2) is 29.2 Å². The summed E-state index contributed by atoms with van der Waals surface area (Å²) < 4.78 is 23.0. The van der Waals surface area contributed by atoms with Crippen molar-refractivity contribution in [2.24, 2.45) is 17.8 Å². The van der Waals surface area contributed by atoms with Crippen LogP contribution in [0.2, 0.25) is 0 Å². The molecule has 5 nitrogen and oxygen atoms in total. The first-order valence-corrected chi connectivity index (χ1v) is 10.5. The van der Waals surface area contributed by atoms with Crippen molar-refractivity contribution in [3.05, 3.63) is 29.8 Å². The van der Waals surface area contributed by atoms with E-state index in [9.17, 15) is 13.2 Å². The number of nitrogens with one attached hydrogen (secondary N) is 1. The van der Waals surface area contributed by atoms with Gasteiger partial charge < -0.3 is 10.2 Å². The molecule has 0 aliphatic heterocycles. The fourth-order valence-electron chi connectivity index (χ4n) is 3.34. The summed E-state index contributed by atoms with van der Waals surface area (Å²) in [5, 5.41) is 3.03. The third kappa shape index (κ3) is 3.91. The lowest BCUT2D eigenvalue weighted by atomic mass is 10.1. The van der Waals surface area contributed by atoms with Gasteiger partial charge in [-0.3, -0.25) is 0 Å². The Kier molecular flexibility index (Phi) is 4.60. The van der Waals surface area contributed by atoms with E-state index in [0.717, 1.165) is 23.9 Å². The Labute approximate surface area is 144 Å². The number of sulfone groups is 1. The van der Waals surface area contributed by atoms with Gasteiger partial charge in [0.15, 0.2) is 9.84 Å². The number of hydrogen-bond acceptors (Lipinski definition) is 3. The van der Waals surface area contributed by atoms with E-state index in [4.69, 9.17) is 0 Å². The van der Waals surface area contributed by atoms with E-state index in [1.165, 1.54) is 25.5 Å². The van der Waals surface area contributed by atoms with Crippen molar-refractivity contribution in [2.75, 3.05) is 19.8 Å². The fourth-order valence-corrected chi connectivity index (χ4v) is 3.97. The highest BCUT2D eigenvalue weighted by Crippen LogP contribution is 2.53. The molecule has 3 rings (SSSR count). The second-order valence-corrected chi connectivity index (χ2v) is 9.33. The molecule has 2 aliphatic rings. The Morgan fingerprint density at radius 1 is 1.29 bits per heavy atom. The molecular weight excluding hydrogens is 324 g/mol. The van der Waals surface area contributed by atoms with Gasteiger partial charge >= 0.3 is 6.03 Å². The molecule has 1 aromatic carbocycles. The monoisotopic (exact) mass is 350 g/mol. The third-order valence-corrected chi connectivity index (χ3v) is 6.54. The second-order valence-electron chi connectivity index (χ2n) is 7.31. The lowest BCUT2D eigenvalue weighted by Gasteiger charge is -2.25. The largest absolute Gasteiger partial charge is 0.338 e. The zero-order valence-corrected chi connectivity index (χ0v) is 15.3. The number of carbonyl (C=O) groups is 1. The first-order chi connectivity index (χ1) is 11.3. The summed E-state index contributed by atoms with van der Waals surface area (Å²) in [4.78, 5) is 14.3. The molecule has 1 unspecified atom stereocenters. The van der Waals surface area contributed by atoms with Crippen LogP contribution in [0.3, 0.4) is 0 Å². The number of amides is 2. The maximum absolute atomic E-state index is 12.3. The zero-order valence-electron chi connectivity index (χ0n) is 14.5. The number of hydrogen-bond donors (Lipinski definition) is 1. The third-order valence-electron chi connectivity index (χ3n) is 5.41. The van der Waals surface area contributed by atoms with Crippen LogP contribution in [0.1, 0.15) is 37.8 Å². The van der Waals surface area contributed by atoms with Gasteiger partial charge in [0.05, 0.1) is 10.9 Å². The van der Waals surface area contributed by atoms with Crippen LogP contribution in [0.4, 0.5) is 4.79 Å². The van der Waals surface area contributed by atoms with Gasteiger partial charge in [-0.25, -0.2) is 13.2 Å². The van der Waals surface area contributed by atoms with Crippen LogP contribution in [0.5, 0.6) is 0 Å². The summed E-state index contributed by atoms with van der Waals surface area (Å²) in [5.74, 6) is 2.44. The van der Waals surface area contributed by atoms with Gasteiger partial charge in [0, 0.05) is 19.8 Å². The quantitative estimate of drug-likeness (QED) is 0.858. The highest BCUT2D eigenvalue weighted by molar-refractivity contribution is 7.90. The summed E-state index contributed by atoms with van der Waals surface area (Å²) in [7, 11) is -1.42. The average Bonchev–Trinajstić information content (AvgIpc) is 3.43. The van der Waals surface area contributed by atoms with Gasteiger partial charge in [-0.1, -0.05) is 12.1 Å². The molecule has 0 heterocycles. The van der Waals surface area contributed by atoms with E-state index in [1.54, 1.807) is 36.2 Å². The SMILES string of the molecule is CC(c1ccc(S(C)(=O)=O)cc1)N(C)C(=O)NC[C@@H]1C[C@H]1C1CC1. The molecule has 0 aromatic heterocycles. The molecule has 2 amide bonds. The van der Waals surface area contributed by atoms with E-state index < -0.39 is 9.84 Å². The molecule has 0 spiro atoms. The van der Waals surface area contributed by atoms with E-state index in [2.05, 4.69) is 5.32 Å². The molecule has 0 saturated heterocycles. The van der Waals surface area contributed by atoms with Crippen molar-refractivity contribution in [1.82, 2.24) is 10.2 Å². The predicted molar refractivity (Wildman–Crippen MR) is 93.4 cm³/mol. The Hall–Kier alpha value is -1.56. The minimum Gasteiger partial charge on any atom is -0.338 e. The van der Waals surface area contributed by atoms with Crippen molar-refractivity contribution < 1.29 is 13.2 Å². The maximum Gasteiger partial charge on any atom is 0.317 e. The standard InChI is InChI=1S/C18H26N2O3S/c1-12(13-6-8-16(9-7-13)24(3,22)23)20(2)18(21)19-11-15-10-17(15)14-4-5-14/h6-9,12,14-15,17H,4-5,10-11H2,1-3H3,(H,19,21)/t12?,15-,17-/m0/s1. The first kappa shape index (κ1) is 17.3. The minimum absolute atomic E-state index is 0.0730. The summed E-state index contributed by atoms with van der Waals surface area (Å²) in [6.45, 7) is 2.71. The van der Waals surface area contributed by atoms with Crippen LogP contribution in [0, 0.1) is 17.8 Å². The minimum atomic E-state index is -3.19. The molecule has 1 N–H and O–H groups in total. The number of rotatable bonds is 6. The van der Waals surface area contributed by atoms with Crippen LogP contribution in [-0.4, -0.2) is 39.2 Å². The maximum atomic E-state index is 12.3. The summed E-state index contributed by atoms with van der Waals surface area (Å²) in [6, 6.07) is 6.55. The number of urea groups is 1. The molecule has 2 saturated carbocycles. The molecule has 132 valence electrons. The molecule has 2 aliphatic carbocycles. The Morgan fingerprint density at radius 2 is 1.92 bits per heavy atom. The molecule has 1 aromatic rings. The fraction of sp³-hybridized carbons (Fsp3) is 0.611. The smallest absolute Gasteiger partial charge is 0.317 e. The van der Waals surface area contributed by atoms with Gasteiger partial charge in [0.1, 0.15) is 0 Å². The van der Waals surface area contributed by atoms with Crippen LogP contribution < -0.4 is 5.32 Å². The van der Waals surface area contributed by atoms with E-state index in [1.807, 2.05) is 6.92 Å². The van der Waals surface area contributed by atoms with Gasteiger partial charge in [-0.15, -0.1) is 0 Å². The predicted octanol–water partition coefficient (Wildman–Crippen LogP) is 2.84. The molecule has 2 fully saturated rings. The van der Waals surface area contributed by atoms with Crippen molar-refractivity contribution in [1.29, 1.82) is 0 Å². The second kappa shape index (κ2) is 6.39. The van der Waals surface area contributed by atoms with Crippen LogP contribution in [0.25, 0.3) is 0 Å². The molecule has 24 heavy (non-hydrogen) atoms. The lowest BCUT2D eigenvalue weighted by Crippen LogP contribution is -2.39. The Bertz CT molecular complexity index is 710. The topological polar surface area (TPSA) is 66.5 Å². The van der Waals surface area contributed by atoms with Gasteiger partial charge in [0.25, 0.3) is 0 Å². The molecule has 0 radical (unpaired) electrons. The van der Waals surface area contributed by atoms with Crippen molar-refractivity contribution in [3.8, 4) is 0 Å². The Morgan fingerprint density at radius 3 is 2.46 bits per heavy atom. The molecule has 6 heteroatoms. The highest BCUT2D eigenvalue weighted by atomic mass is 32.2. The van der Waals surface area contributed by atoms with E-state index >= 15 is 0 Å².